The fraction of sp³-hybridized carbons (Fsp3) is 0.333. The molecule has 0 aliphatic heterocycles. The number of nitro groups is 1. The highest BCUT2D eigenvalue weighted by atomic mass is 32.2. The fourth-order valence-corrected chi connectivity index (χ4v) is 2.78. The second-order valence-corrected chi connectivity index (χ2v) is 6.98. The lowest BCUT2D eigenvalue weighted by atomic mass is 10.2. The minimum Gasteiger partial charge on any atom is -0.419 e. The van der Waals surface area contributed by atoms with Crippen molar-refractivity contribution in [3.8, 4) is 11.5 Å². The van der Waals surface area contributed by atoms with Crippen molar-refractivity contribution in [3.05, 3.63) is 46.1 Å². The molecule has 1 N–H and O–H groups in total. The van der Waals surface area contributed by atoms with E-state index in [9.17, 15) is 10.1 Å². The summed E-state index contributed by atoms with van der Waals surface area (Å²) in [6, 6.07) is 5.96. The number of hydrogen-bond donors (Lipinski definition) is 1. The summed E-state index contributed by atoms with van der Waals surface area (Å²) in [5.41, 5.74) is 0.638. The topological polar surface area (TPSA) is 124 Å². The average molecular weight is 360 g/mol. The van der Waals surface area contributed by atoms with Gasteiger partial charge in [-0.15, -0.1) is 15.3 Å². The number of non-ortho nitro benzene ring substituents is 1. The lowest BCUT2D eigenvalue weighted by molar-refractivity contribution is -0.384. The maximum atomic E-state index is 10.7. The van der Waals surface area contributed by atoms with Crippen LogP contribution in [0.15, 0.2) is 33.8 Å². The Morgan fingerprint density at radius 1 is 1.20 bits per heavy atom. The van der Waals surface area contributed by atoms with Crippen molar-refractivity contribution in [2.24, 2.45) is 0 Å². The highest BCUT2D eigenvalue weighted by Gasteiger charge is 2.19. The molecule has 0 saturated heterocycles. The van der Waals surface area contributed by atoms with Crippen LogP contribution in [-0.2, 0) is 0 Å². The Morgan fingerprint density at radius 3 is 2.52 bits per heavy atom. The van der Waals surface area contributed by atoms with E-state index in [-0.39, 0.29) is 16.9 Å². The zero-order valence-corrected chi connectivity index (χ0v) is 14.6. The van der Waals surface area contributed by atoms with Crippen LogP contribution >= 0.6 is 11.8 Å². The van der Waals surface area contributed by atoms with Gasteiger partial charge in [-0.05, 0) is 19.1 Å². The number of nitrogens with one attached hydrogen (secondary N) is 1. The van der Waals surface area contributed by atoms with E-state index < -0.39 is 4.92 Å². The highest BCUT2D eigenvalue weighted by molar-refractivity contribution is 7.99. The first-order valence-electron chi connectivity index (χ1n) is 7.61. The standard InChI is InChI=1S/C15H16N6O3S/c1-8(2)12-16-15(20-17-12)25-9(3)13-18-19-14(24-13)10-4-6-11(7-5-10)21(22)23/h4-9H,1-3H3,(H,16,17,20). The molecule has 0 saturated carbocycles. The number of H-pyrrole nitrogens is 1. The molecule has 0 bridgehead atoms. The molecule has 2 aromatic heterocycles. The van der Waals surface area contributed by atoms with Crippen LogP contribution in [0.1, 0.15) is 43.7 Å². The number of nitrogens with zero attached hydrogens (tertiary/aromatic N) is 5. The number of hydrogen-bond acceptors (Lipinski definition) is 8. The Balaban J connectivity index is 1.72. The summed E-state index contributed by atoms with van der Waals surface area (Å²) in [4.78, 5) is 14.7. The molecule has 3 aromatic rings. The van der Waals surface area contributed by atoms with Gasteiger partial charge in [0.15, 0.2) is 0 Å². The largest absolute Gasteiger partial charge is 0.419 e. The van der Waals surface area contributed by atoms with E-state index >= 15 is 0 Å². The van der Waals surface area contributed by atoms with Crippen LogP contribution < -0.4 is 0 Å². The Morgan fingerprint density at radius 2 is 1.92 bits per heavy atom. The summed E-state index contributed by atoms with van der Waals surface area (Å²) in [5, 5.41) is 26.3. The van der Waals surface area contributed by atoms with Crippen LogP contribution in [0.4, 0.5) is 5.69 Å². The molecular formula is C15H16N6O3S. The van der Waals surface area contributed by atoms with Crippen LogP contribution in [0, 0.1) is 10.1 Å². The molecule has 0 spiro atoms. The molecule has 10 heteroatoms. The molecule has 25 heavy (non-hydrogen) atoms. The van der Waals surface area contributed by atoms with Crippen molar-refractivity contribution in [2.75, 3.05) is 0 Å². The zero-order chi connectivity index (χ0) is 18.0. The summed E-state index contributed by atoms with van der Waals surface area (Å²) in [6.45, 7) is 5.99. The van der Waals surface area contributed by atoms with Crippen molar-refractivity contribution in [2.45, 2.75) is 37.1 Å². The SMILES string of the molecule is CC(C)c1nc(SC(C)c2nnc(-c3ccc([N+](=O)[O-])cc3)o2)n[nH]1. The van der Waals surface area contributed by atoms with E-state index in [2.05, 4.69) is 25.4 Å². The van der Waals surface area contributed by atoms with Crippen LogP contribution in [-0.4, -0.2) is 30.3 Å². The van der Waals surface area contributed by atoms with E-state index in [4.69, 9.17) is 4.42 Å². The van der Waals surface area contributed by atoms with Crippen LogP contribution in [0.25, 0.3) is 11.5 Å². The van der Waals surface area contributed by atoms with E-state index in [1.54, 1.807) is 12.1 Å². The second kappa shape index (κ2) is 7.01. The molecule has 0 aliphatic rings. The van der Waals surface area contributed by atoms with Crippen LogP contribution in [0.2, 0.25) is 0 Å². The summed E-state index contributed by atoms with van der Waals surface area (Å²) < 4.78 is 5.68. The lowest BCUT2D eigenvalue weighted by Crippen LogP contribution is -1.91. The smallest absolute Gasteiger partial charge is 0.269 e. The predicted octanol–water partition coefficient (Wildman–Crippen LogP) is 3.74. The molecule has 130 valence electrons. The maximum Gasteiger partial charge on any atom is 0.269 e. The molecule has 0 amide bonds. The molecule has 1 unspecified atom stereocenters. The fourth-order valence-electron chi connectivity index (χ4n) is 2.02. The molecule has 0 radical (unpaired) electrons. The van der Waals surface area contributed by atoms with Gasteiger partial charge in [0.25, 0.3) is 5.69 Å². The van der Waals surface area contributed by atoms with Crippen molar-refractivity contribution >= 4 is 17.4 Å². The normalized spacial score (nSPS) is 12.5. The number of thioether (sulfide) groups is 1. The van der Waals surface area contributed by atoms with Gasteiger partial charge >= 0.3 is 0 Å². The lowest BCUT2D eigenvalue weighted by Gasteiger charge is -2.02. The van der Waals surface area contributed by atoms with E-state index in [1.165, 1.54) is 23.9 Å². The minimum absolute atomic E-state index is 0.0120. The van der Waals surface area contributed by atoms with Gasteiger partial charge in [0.1, 0.15) is 5.82 Å². The molecule has 1 aromatic carbocycles. The molecule has 2 heterocycles. The molecule has 0 fully saturated rings. The van der Waals surface area contributed by atoms with Gasteiger partial charge in [0.2, 0.25) is 16.9 Å². The molecule has 3 rings (SSSR count). The first-order chi connectivity index (χ1) is 11.9. The van der Waals surface area contributed by atoms with Gasteiger partial charge in [0.05, 0.1) is 10.2 Å². The average Bonchev–Trinajstić information content (AvgIpc) is 3.24. The van der Waals surface area contributed by atoms with Crippen molar-refractivity contribution in [1.29, 1.82) is 0 Å². The van der Waals surface area contributed by atoms with Gasteiger partial charge in [-0.25, -0.2) is 4.98 Å². The van der Waals surface area contributed by atoms with Gasteiger partial charge in [-0.1, -0.05) is 25.6 Å². The summed E-state index contributed by atoms with van der Waals surface area (Å²) in [5.74, 6) is 1.85. The van der Waals surface area contributed by atoms with E-state index in [1.807, 2.05) is 20.8 Å². The number of aromatic amines is 1. The molecule has 0 aliphatic carbocycles. The predicted molar refractivity (Wildman–Crippen MR) is 91.1 cm³/mol. The van der Waals surface area contributed by atoms with E-state index in [0.29, 0.717) is 22.5 Å². The van der Waals surface area contributed by atoms with Crippen molar-refractivity contribution in [3.63, 3.8) is 0 Å². The van der Waals surface area contributed by atoms with Gasteiger partial charge in [-0.2, -0.15) is 0 Å². The first kappa shape index (κ1) is 17.1. The second-order valence-electron chi connectivity index (χ2n) is 5.67. The third-order valence-electron chi connectivity index (χ3n) is 3.42. The number of aromatic nitrogens is 5. The number of nitro benzene ring substituents is 1. The van der Waals surface area contributed by atoms with Crippen molar-refractivity contribution in [1.82, 2.24) is 25.4 Å². The molecule has 9 nitrogen and oxygen atoms in total. The quantitative estimate of drug-likeness (QED) is 0.400. The van der Waals surface area contributed by atoms with E-state index in [0.717, 1.165) is 5.82 Å². The number of rotatable bonds is 6. The Hall–Kier alpha value is -2.75. The monoisotopic (exact) mass is 360 g/mol. The number of benzene rings is 1. The molecule has 1 atom stereocenters. The summed E-state index contributed by atoms with van der Waals surface area (Å²) in [7, 11) is 0. The Kier molecular flexibility index (Phi) is 4.79. The van der Waals surface area contributed by atoms with Gasteiger partial charge in [-0.3, -0.25) is 15.2 Å². The van der Waals surface area contributed by atoms with Crippen LogP contribution in [0.3, 0.4) is 0 Å². The Labute approximate surface area is 147 Å². The third-order valence-corrected chi connectivity index (χ3v) is 4.37. The highest BCUT2D eigenvalue weighted by Crippen LogP contribution is 2.33. The maximum absolute atomic E-state index is 10.7. The van der Waals surface area contributed by atoms with Gasteiger partial charge in [0, 0.05) is 23.6 Å². The summed E-state index contributed by atoms with van der Waals surface area (Å²) in [6.07, 6.45) is 0. The third kappa shape index (κ3) is 3.85. The summed E-state index contributed by atoms with van der Waals surface area (Å²) >= 11 is 1.41. The Bertz CT molecular complexity index is 874. The minimum atomic E-state index is -0.454. The zero-order valence-electron chi connectivity index (χ0n) is 13.8. The van der Waals surface area contributed by atoms with Gasteiger partial charge < -0.3 is 4.42 Å². The van der Waals surface area contributed by atoms with Crippen LogP contribution in [0.5, 0.6) is 0 Å². The molecular weight excluding hydrogens is 344 g/mol. The first-order valence-corrected chi connectivity index (χ1v) is 8.49. The van der Waals surface area contributed by atoms with Crippen molar-refractivity contribution < 1.29 is 9.34 Å².